The van der Waals surface area contributed by atoms with E-state index in [-0.39, 0.29) is 12.0 Å². The molecule has 0 radical (unpaired) electrons. The third-order valence-corrected chi connectivity index (χ3v) is 3.73. The lowest BCUT2D eigenvalue weighted by Crippen LogP contribution is -2.34. The molecular weight excluding hydrogens is 268 g/mol. The first kappa shape index (κ1) is 14.2. The van der Waals surface area contributed by atoms with E-state index in [2.05, 4.69) is 33.4 Å². The van der Waals surface area contributed by atoms with Crippen molar-refractivity contribution in [2.75, 3.05) is 19.8 Å². The van der Waals surface area contributed by atoms with E-state index in [0.717, 1.165) is 23.4 Å². The Morgan fingerprint density at radius 1 is 1.33 bits per heavy atom. The molecule has 0 bridgehead atoms. The predicted molar refractivity (Wildman–Crippen MR) is 78.0 cm³/mol. The lowest BCUT2D eigenvalue weighted by atomic mass is 10.0. The monoisotopic (exact) mass is 288 g/mol. The van der Waals surface area contributed by atoms with Crippen LogP contribution in [-0.4, -0.2) is 40.9 Å². The molecule has 6 heteroatoms. The Balaban J connectivity index is 1.86. The summed E-state index contributed by atoms with van der Waals surface area (Å²) in [6, 6.07) is 2.30. The summed E-state index contributed by atoms with van der Waals surface area (Å²) < 4.78 is 11.0. The fraction of sp³-hybridized carbons (Fsp3) is 0.533. The number of hydrogen-bond donors (Lipinski definition) is 1. The highest BCUT2D eigenvalue weighted by molar-refractivity contribution is 5.54. The fourth-order valence-corrected chi connectivity index (χ4v) is 2.69. The van der Waals surface area contributed by atoms with E-state index in [4.69, 9.17) is 9.26 Å². The van der Waals surface area contributed by atoms with Crippen molar-refractivity contribution in [3.05, 3.63) is 29.3 Å². The third-order valence-electron chi connectivity index (χ3n) is 3.73. The molecule has 3 heterocycles. The average Bonchev–Trinajstić information content (AvgIpc) is 3.07. The maximum absolute atomic E-state index is 5.53. The minimum Gasteiger partial charge on any atom is -0.379 e. The molecule has 0 aliphatic carbocycles. The molecule has 0 aromatic carbocycles. The van der Waals surface area contributed by atoms with Crippen LogP contribution >= 0.6 is 0 Å². The van der Waals surface area contributed by atoms with E-state index in [0.29, 0.717) is 24.9 Å². The molecule has 0 saturated carbocycles. The van der Waals surface area contributed by atoms with Gasteiger partial charge < -0.3 is 14.6 Å². The number of ether oxygens (including phenoxy) is 1. The van der Waals surface area contributed by atoms with Gasteiger partial charge in [0.15, 0.2) is 0 Å². The van der Waals surface area contributed by atoms with E-state index in [1.807, 2.05) is 20.0 Å². The molecule has 2 atom stereocenters. The van der Waals surface area contributed by atoms with Crippen molar-refractivity contribution in [2.24, 2.45) is 0 Å². The van der Waals surface area contributed by atoms with Crippen LogP contribution in [0.3, 0.4) is 0 Å². The molecule has 0 amide bonds. The van der Waals surface area contributed by atoms with Gasteiger partial charge in [0, 0.05) is 12.2 Å². The second kappa shape index (κ2) is 5.91. The zero-order chi connectivity index (χ0) is 14.8. The van der Waals surface area contributed by atoms with Gasteiger partial charge in [-0.25, -0.2) is 0 Å². The van der Waals surface area contributed by atoms with Crippen LogP contribution in [0.2, 0.25) is 0 Å². The molecule has 2 unspecified atom stereocenters. The van der Waals surface area contributed by atoms with E-state index in [9.17, 15) is 0 Å². The molecule has 21 heavy (non-hydrogen) atoms. The number of nitrogens with one attached hydrogen (secondary N) is 1. The number of likely N-dealkylation sites (N-methyl/N-ethyl adjacent to an activating group) is 1. The molecule has 1 fully saturated rings. The smallest absolute Gasteiger partial charge is 0.234 e. The number of hydrogen-bond acceptors (Lipinski definition) is 6. The average molecular weight is 288 g/mol. The molecule has 1 saturated heterocycles. The van der Waals surface area contributed by atoms with Gasteiger partial charge in [-0.1, -0.05) is 18.1 Å². The molecule has 6 nitrogen and oxygen atoms in total. The third kappa shape index (κ3) is 2.82. The fourth-order valence-electron chi connectivity index (χ4n) is 2.69. The van der Waals surface area contributed by atoms with Crippen molar-refractivity contribution < 1.29 is 9.26 Å². The molecule has 1 aliphatic rings. The van der Waals surface area contributed by atoms with Gasteiger partial charge in [0.05, 0.1) is 19.1 Å². The van der Waals surface area contributed by atoms with Crippen LogP contribution in [0.4, 0.5) is 0 Å². The van der Waals surface area contributed by atoms with Crippen LogP contribution in [-0.2, 0) is 4.74 Å². The van der Waals surface area contributed by atoms with Crippen LogP contribution in [0, 0.1) is 13.8 Å². The van der Waals surface area contributed by atoms with Crippen molar-refractivity contribution in [3.63, 3.8) is 0 Å². The molecule has 1 aliphatic heterocycles. The van der Waals surface area contributed by atoms with Gasteiger partial charge in [-0.3, -0.25) is 4.98 Å². The zero-order valence-corrected chi connectivity index (χ0v) is 12.6. The summed E-state index contributed by atoms with van der Waals surface area (Å²) in [7, 11) is 0. The first-order chi connectivity index (χ1) is 10.2. The van der Waals surface area contributed by atoms with Crippen molar-refractivity contribution in [1.82, 2.24) is 20.4 Å². The quantitative estimate of drug-likeness (QED) is 0.925. The minimum absolute atomic E-state index is 0.108. The van der Waals surface area contributed by atoms with E-state index < -0.39 is 0 Å². The van der Waals surface area contributed by atoms with E-state index in [1.165, 1.54) is 0 Å². The Labute approximate surface area is 123 Å². The number of aryl methyl sites for hydroxylation is 2. The molecule has 2 aromatic rings. The van der Waals surface area contributed by atoms with Crippen LogP contribution in [0.25, 0.3) is 11.5 Å². The molecule has 1 N–H and O–H groups in total. The van der Waals surface area contributed by atoms with Crippen molar-refractivity contribution in [1.29, 1.82) is 0 Å². The summed E-state index contributed by atoms with van der Waals surface area (Å²) in [5.74, 6) is 1.27. The number of rotatable bonds is 4. The zero-order valence-electron chi connectivity index (χ0n) is 12.6. The van der Waals surface area contributed by atoms with Gasteiger partial charge >= 0.3 is 0 Å². The standard InChI is InChI=1S/C15H20N4O2/c1-4-16-12-8-20-7-11(12)15-18-14(19-21-15)13-10(3)5-9(2)6-17-13/h5-6,11-12,16H,4,7-8H2,1-3H3. The normalized spacial score (nSPS) is 21.9. The maximum atomic E-state index is 5.53. The summed E-state index contributed by atoms with van der Waals surface area (Å²) in [6.45, 7) is 8.28. The van der Waals surface area contributed by atoms with Crippen LogP contribution < -0.4 is 5.32 Å². The summed E-state index contributed by atoms with van der Waals surface area (Å²) in [6.07, 6.45) is 1.82. The van der Waals surface area contributed by atoms with Gasteiger partial charge in [0.1, 0.15) is 5.69 Å². The number of nitrogens with zero attached hydrogens (tertiary/aromatic N) is 3. The lowest BCUT2D eigenvalue weighted by molar-refractivity contribution is 0.185. The van der Waals surface area contributed by atoms with E-state index >= 15 is 0 Å². The van der Waals surface area contributed by atoms with Gasteiger partial charge in [-0.15, -0.1) is 0 Å². The number of aromatic nitrogens is 3. The topological polar surface area (TPSA) is 73.1 Å². The van der Waals surface area contributed by atoms with Gasteiger partial charge in [-0.05, 0) is 31.5 Å². The maximum Gasteiger partial charge on any atom is 0.234 e. The SMILES string of the molecule is CCNC1COCC1c1nc(-c2ncc(C)cc2C)no1. The Kier molecular flexibility index (Phi) is 3.98. The van der Waals surface area contributed by atoms with Crippen LogP contribution in [0.15, 0.2) is 16.8 Å². The number of pyridine rings is 1. The summed E-state index contributed by atoms with van der Waals surface area (Å²) >= 11 is 0. The van der Waals surface area contributed by atoms with Crippen molar-refractivity contribution >= 4 is 0 Å². The lowest BCUT2D eigenvalue weighted by Gasteiger charge is -2.13. The van der Waals surface area contributed by atoms with Crippen molar-refractivity contribution in [2.45, 2.75) is 32.7 Å². The van der Waals surface area contributed by atoms with Crippen LogP contribution in [0.5, 0.6) is 0 Å². The van der Waals surface area contributed by atoms with Gasteiger partial charge in [0.2, 0.25) is 11.7 Å². The molecule has 3 rings (SSSR count). The van der Waals surface area contributed by atoms with Gasteiger partial charge in [-0.2, -0.15) is 4.98 Å². The highest BCUT2D eigenvalue weighted by Gasteiger charge is 2.33. The Morgan fingerprint density at radius 3 is 2.95 bits per heavy atom. The van der Waals surface area contributed by atoms with E-state index in [1.54, 1.807) is 0 Å². The van der Waals surface area contributed by atoms with Gasteiger partial charge in [0.25, 0.3) is 0 Å². The Bertz CT molecular complexity index is 626. The molecule has 0 spiro atoms. The molecule has 2 aromatic heterocycles. The first-order valence-corrected chi connectivity index (χ1v) is 7.27. The molecule has 112 valence electrons. The largest absolute Gasteiger partial charge is 0.379 e. The van der Waals surface area contributed by atoms with Crippen molar-refractivity contribution in [3.8, 4) is 11.5 Å². The second-order valence-corrected chi connectivity index (χ2v) is 5.44. The Morgan fingerprint density at radius 2 is 2.19 bits per heavy atom. The summed E-state index contributed by atoms with van der Waals surface area (Å²) in [4.78, 5) is 8.94. The highest BCUT2D eigenvalue weighted by atomic mass is 16.5. The summed E-state index contributed by atoms with van der Waals surface area (Å²) in [5, 5.41) is 7.48. The second-order valence-electron chi connectivity index (χ2n) is 5.44. The highest BCUT2D eigenvalue weighted by Crippen LogP contribution is 2.27. The summed E-state index contributed by atoms with van der Waals surface area (Å²) in [5.41, 5.74) is 2.94. The molecular formula is C15H20N4O2. The van der Waals surface area contributed by atoms with Crippen LogP contribution in [0.1, 0.15) is 29.9 Å². The predicted octanol–water partition coefficient (Wildman–Crippen LogP) is 1.84. The first-order valence-electron chi connectivity index (χ1n) is 7.27. The Hall–Kier alpha value is -1.79. The minimum atomic E-state index is 0.108.